The van der Waals surface area contributed by atoms with Crippen molar-refractivity contribution in [3.63, 3.8) is 0 Å². The molecular weight excluding hydrogens is 334 g/mol. The van der Waals surface area contributed by atoms with Crippen molar-refractivity contribution in [2.24, 2.45) is 7.05 Å². The third-order valence-corrected chi connectivity index (χ3v) is 4.26. The topological polar surface area (TPSA) is 80.6 Å². The van der Waals surface area contributed by atoms with Gasteiger partial charge in [-0.15, -0.1) is 0 Å². The Kier molecular flexibility index (Phi) is 5.18. The van der Waals surface area contributed by atoms with Crippen molar-refractivity contribution in [2.75, 3.05) is 31.6 Å². The van der Waals surface area contributed by atoms with Gasteiger partial charge < -0.3 is 19.5 Å². The van der Waals surface area contributed by atoms with E-state index in [4.69, 9.17) is 4.74 Å². The molecule has 1 saturated heterocycles. The molecule has 0 spiro atoms. The first-order valence-corrected chi connectivity index (χ1v) is 8.41. The van der Waals surface area contributed by atoms with Crippen LogP contribution in [0.25, 0.3) is 0 Å². The number of carbonyl (C=O) groups is 2. The number of carbonyl (C=O) groups excluding carboxylic acids is 2. The number of rotatable bonds is 3. The fraction of sp³-hybridized carbons (Fsp3) is 0.316. The van der Waals surface area contributed by atoms with Gasteiger partial charge in [0.25, 0.3) is 17.4 Å². The molecule has 26 heavy (non-hydrogen) atoms. The number of ether oxygens (including phenoxy) is 1. The predicted octanol–water partition coefficient (Wildman–Crippen LogP) is 1.42. The molecule has 1 fully saturated rings. The van der Waals surface area contributed by atoms with Gasteiger partial charge in [-0.05, 0) is 25.1 Å². The number of aromatic nitrogens is 1. The molecule has 136 valence electrons. The zero-order valence-corrected chi connectivity index (χ0v) is 14.8. The van der Waals surface area contributed by atoms with E-state index in [0.717, 1.165) is 5.56 Å². The van der Waals surface area contributed by atoms with Gasteiger partial charge in [0.05, 0.1) is 18.8 Å². The lowest BCUT2D eigenvalue weighted by molar-refractivity contribution is 0.0302. The first kappa shape index (κ1) is 17.9. The Balaban J connectivity index is 1.87. The average Bonchev–Trinajstić information content (AvgIpc) is 2.65. The smallest absolute Gasteiger partial charge is 0.274 e. The lowest BCUT2D eigenvalue weighted by Gasteiger charge is -2.27. The lowest BCUT2D eigenvalue weighted by Crippen LogP contribution is -2.41. The van der Waals surface area contributed by atoms with Crippen LogP contribution >= 0.6 is 0 Å². The summed E-state index contributed by atoms with van der Waals surface area (Å²) in [7, 11) is 1.56. The number of nitrogens with one attached hydrogen (secondary N) is 1. The number of aryl methyl sites for hydroxylation is 2. The van der Waals surface area contributed by atoms with Crippen molar-refractivity contribution >= 4 is 17.5 Å². The second-order valence-electron chi connectivity index (χ2n) is 6.29. The van der Waals surface area contributed by atoms with Crippen LogP contribution in [0.3, 0.4) is 0 Å². The maximum absolute atomic E-state index is 12.7. The molecule has 0 unspecified atom stereocenters. The Morgan fingerprint density at radius 1 is 1.12 bits per heavy atom. The SMILES string of the molecule is Cc1cccc(C(=O)Nc2cc(C(=O)N3CCOCC3)cn(C)c2=O)c1. The monoisotopic (exact) mass is 355 g/mol. The number of morpholine rings is 1. The van der Waals surface area contributed by atoms with Gasteiger partial charge in [0.15, 0.2) is 0 Å². The van der Waals surface area contributed by atoms with Crippen molar-refractivity contribution in [2.45, 2.75) is 6.92 Å². The van der Waals surface area contributed by atoms with Crippen molar-refractivity contribution in [3.8, 4) is 0 Å². The Bertz CT molecular complexity index is 898. The molecule has 7 nitrogen and oxygen atoms in total. The van der Waals surface area contributed by atoms with Gasteiger partial charge in [-0.3, -0.25) is 14.4 Å². The summed E-state index contributed by atoms with van der Waals surface area (Å²) in [6.45, 7) is 3.89. The normalized spacial score (nSPS) is 14.2. The second-order valence-corrected chi connectivity index (χ2v) is 6.29. The van der Waals surface area contributed by atoms with Crippen LogP contribution in [-0.2, 0) is 11.8 Å². The van der Waals surface area contributed by atoms with Crippen molar-refractivity contribution in [1.29, 1.82) is 0 Å². The number of pyridine rings is 1. The third-order valence-electron chi connectivity index (χ3n) is 4.26. The highest BCUT2D eigenvalue weighted by atomic mass is 16.5. The van der Waals surface area contributed by atoms with Crippen molar-refractivity contribution in [3.05, 3.63) is 63.6 Å². The molecule has 7 heteroatoms. The van der Waals surface area contributed by atoms with Gasteiger partial charge in [0.2, 0.25) is 0 Å². The summed E-state index contributed by atoms with van der Waals surface area (Å²) >= 11 is 0. The molecule has 1 aromatic carbocycles. The van der Waals surface area contributed by atoms with E-state index in [0.29, 0.717) is 37.4 Å². The van der Waals surface area contributed by atoms with Crippen LogP contribution in [0.1, 0.15) is 26.3 Å². The van der Waals surface area contributed by atoms with Gasteiger partial charge in [0.1, 0.15) is 5.69 Å². The third kappa shape index (κ3) is 3.83. The number of anilines is 1. The first-order chi connectivity index (χ1) is 12.5. The summed E-state index contributed by atoms with van der Waals surface area (Å²) in [5, 5.41) is 2.63. The van der Waals surface area contributed by atoms with E-state index in [-0.39, 0.29) is 23.1 Å². The average molecular weight is 355 g/mol. The first-order valence-electron chi connectivity index (χ1n) is 8.41. The van der Waals surface area contributed by atoms with Crippen LogP contribution in [-0.4, -0.2) is 47.6 Å². The maximum Gasteiger partial charge on any atom is 0.274 e. The Labute approximate surface area is 151 Å². The maximum atomic E-state index is 12.7. The lowest BCUT2D eigenvalue weighted by atomic mass is 10.1. The number of nitrogens with zero attached hydrogens (tertiary/aromatic N) is 2. The second kappa shape index (κ2) is 7.53. The molecule has 0 aliphatic carbocycles. The zero-order chi connectivity index (χ0) is 18.7. The summed E-state index contributed by atoms with van der Waals surface area (Å²) < 4.78 is 6.56. The zero-order valence-electron chi connectivity index (χ0n) is 14.8. The summed E-state index contributed by atoms with van der Waals surface area (Å²) in [5.41, 5.74) is 1.47. The number of amides is 2. The molecular formula is C19H21N3O4. The minimum absolute atomic E-state index is 0.0816. The summed E-state index contributed by atoms with van der Waals surface area (Å²) in [6, 6.07) is 8.52. The van der Waals surface area contributed by atoms with E-state index in [2.05, 4.69) is 5.32 Å². The summed E-state index contributed by atoms with van der Waals surface area (Å²) in [4.78, 5) is 39.1. The standard InChI is InChI=1S/C19H21N3O4/c1-13-4-3-5-14(10-13)17(23)20-16-11-15(12-21(2)19(16)25)18(24)22-6-8-26-9-7-22/h3-5,10-12H,6-9H2,1-2H3,(H,20,23). The molecule has 2 aromatic rings. The summed E-state index contributed by atoms with van der Waals surface area (Å²) in [5.74, 6) is -0.572. The van der Waals surface area contributed by atoms with Crippen LogP contribution in [0.5, 0.6) is 0 Å². The molecule has 3 rings (SSSR count). The Morgan fingerprint density at radius 3 is 2.54 bits per heavy atom. The molecule has 1 aromatic heterocycles. The van der Waals surface area contributed by atoms with Crippen LogP contribution < -0.4 is 10.9 Å². The van der Waals surface area contributed by atoms with E-state index in [1.165, 1.54) is 16.8 Å². The largest absolute Gasteiger partial charge is 0.378 e. The highest BCUT2D eigenvalue weighted by Gasteiger charge is 2.21. The molecule has 1 aliphatic rings. The van der Waals surface area contributed by atoms with Crippen LogP contribution in [0, 0.1) is 6.92 Å². The molecule has 0 bridgehead atoms. The molecule has 0 saturated carbocycles. The number of hydrogen-bond donors (Lipinski definition) is 1. The molecule has 1 aliphatic heterocycles. The van der Waals surface area contributed by atoms with Crippen LogP contribution in [0.4, 0.5) is 5.69 Å². The van der Waals surface area contributed by atoms with Gasteiger partial charge >= 0.3 is 0 Å². The minimum atomic E-state index is -0.387. The summed E-state index contributed by atoms with van der Waals surface area (Å²) in [6.07, 6.45) is 1.49. The van der Waals surface area contributed by atoms with Crippen molar-refractivity contribution < 1.29 is 14.3 Å². The minimum Gasteiger partial charge on any atom is -0.378 e. The van der Waals surface area contributed by atoms with Crippen molar-refractivity contribution in [1.82, 2.24) is 9.47 Å². The molecule has 0 atom stereocenters. The molecule has 2 amide bonds. The highest BCUT2D eigenvalue weighted by molar-refractivity contribution is 6.05. The fourth-order valence-electron chi connectivity index (χ4n) is 2.85. The van der Waals surface area contributed by atoms with E-state index in [9.17, 15) is 14.4 Å². The molecule has 2 heterocycles. The van der Waals surface area contributed by atoms with E-state index in [1.54, 1.807) is 30.1 Å². The van der Waals surface area contributed by atoms with E-state index >= 15 is 0 Å². The Morgan fingerprint density at radius 2 is 1.85 bits per heavy atom. The fourth-order valence-corrected chi connectivity index (χ4v) is 2.85. The van der Waals surface area contributed by atoms with Gasteiger partial charge in [-0.2, -0.15) is 0 Å². The van der Waals surface area contributed by atoms with Gasteiger partial charge in [-0.1, -0.05) is 17.7 Å². The predicted molar refractivity (Wildman–Crippen MR) is 97.5 cm³/mol. The van der Waals surface area contributed by atoms with E-state index in [1.807, 2.05) is 13.0 Å². The van der Waals surface area contributed by atoms with Gasteiger partial charge in [-0.25, -0.2) is 0 Å². The molecule has 0 radical (unpaired) electrons. The van der Waals surface area contributed by atoms with Gasteiger partial charge in [0, 0.05) is 31.9 Å². The van der Waals surface area contributed by atoms with Crippen LogP contribution in [0.15, 0.2) is 41.3 Å². The van der Waals surface area contributed by atoms with E-state index < -0.39 is 0 Å². The number of benzene rings is 1. The van der Waals surface area contributed by atoms with Crippen LogP contribution in [0.2, 0.25) is 0 Å². The molecule has 1 N–H and O–H groups in total. The number of hydrogen-bond acceptors (Lipinski definition) is 4. The Hall–Kier alpha value is -2.93. The quantitative estimate of drug-likeness (QED) is 0.903. The highest BCUT2D eigenvalue weighted by Crippen LogP contribution is 2.12.